The Labute approximate surface area is 513 Å². The van der Waals surface area contributed by atoms with E-state index < -0.39 is 0 Å². The van der Waals surface area contributed by atoms with E-state index in [2.05, 4.69) is 143 Å². The number of amides is 1. The molecule has 12 nitrogen and oxygen atoms in total. The van der Waals surface area contributed by atoms with Crippen LogP contribution in [0.1, 0.15) is 46.0 Å². The monoisotopic (exact) mass is 1400 g/mol. The second-order valence-corrected chi connectivity index (χ2v) is 19.7. The zero-order chi connectivity index (χ0) is 51.9. The van der Waals surface area contributed by atoms with E-state index in [4.69, 9.17) is 31.3 Å². The van der Waals surface area contributed by atoms with Gasteiger partial charge in [0.05, 0.1) is 46.6 Å². The molecule has 10 aromatic rings. The van der Waals surface area contributed by atoms with Crippen LogP contribution in [0.2, 0.25) is 5.02 Å². The number of pyridine rings is 4. The molecule has 0 fully saturated rings. The first-order valence-corrected chi connectivity index (χ1v) is 25.7. The minimum Gasteiger partial charge on any atom is -1.00 e. The number of aryl methyl sites for hydroxylation is 3. The topological polar surface area (TPSA) is 132 Å². The van der Waals surface area contributed by atoms with Crippen molar-refractivity contribution in [3.05, 3.63) is 192 Å². The van der Waals surface area contributed by atoms with Gasteiger partial charge in [0.2, 0.25) is 0 Å². The Balaban J connectivity index is 0.00000252. The van der Waals surface area contributed by atoms with Crippen molar-refractivity contribution in [1.82, 2.24) is 30.2 Å². The number of anilines is 1. The fourth-order valence-corrected chi connectivity index (χ4v) is 10.4. The number of benzene rings is 3. The molecule has 9 heterocycles. The minimum absolute atomic E-state index is 0. The summed E-state index contributed by atoms with van der Waals surface area (Å²) in [6.45, 7) is 1.22. The van der Waals surface area contributed by atoms with Crippen LogP contribution in [0.4, 0.5) is 5.69 Å². The van der Waals surface area contributed by atoms with Crippen LogP contribution in [-0.2, 0) is 21.1 Å². The van der Waals surface area contributed by atoms with Crippen molar-refractivity contribution in [2.45, 2.75) is 12.8 Å². The highest BCUT2D eigenvalue weighted by Crippen LogP contribution is 2.39. The average Bonchev–Trinajstić information content (AvgIpc) is 4.30. The number of nitrogens with one attached hydrogen (secondary N) is 4. The number of carbonyl (C=O) groups is 1. The normalized spacial score (nSPS) is 11.5. The van der Waals surface area contributed by atoms with Crippen LogP contribution in [0.25, 0.3) is 113 Å². The van der Waals surface area contributed by atoms with Gasteiger partial charge in [-0.1, -0.05) is 23.7 Å². The van der Waals surface area contributed by atoms with Gasteiger partial charge in [-0.05, 0) is 132 Å². The zero-order valence-corrected chi connectivity index (χ0v) is 50.9. The third-order valence-electron chi connectivity index (χ3n) is 14.1. The summed E-state index contributed by atoms with van der Waals surface area (Å²) in [5.74, 6) is 0.628. The Kier molecular flexibility index (Phi) is 17.6. The summed E-state index contributed by atoms with van der Waals surface area (Å²) in [7, 11) is 7.73. The number of fused-ring (bicyclic) bond motifs is 10. The molecule has 396 valence electrons. The summed E-state index contributed by atoms with van der Waals surface area (Å²) in [6.07, 6.45) is 22.4. The molecule has 0 saturated carbocycles. The molecule has 79 heavy (non-hydrogen) atoms. The van der Waals surface area contributed by atoms with E-state index in [0.717, 1.165) is 135 Å². The molecular weight excluding hydrogens is 1340 g/mol. The lowest BCUT2D eigenvalue weighted by atomic mass is 10.0. The largest absolute Gasteiger partial charge is 1.00 e. The molecule has 2 aliphatic rings. The number of nitrogens with zero attached hydrogens (tertiary/aromatic N) is 6. The fraction of sp³-hybridized carbons (Fsp3) is 0.127. The van der Waals surface area contributed by atoms with E-state index in [9.17, 15) is 4.79 Å². The van der Waals surface area contributed by atoms with E-state index in [-0.39, 0.29) is 77.8 Å². The van der Waals surface area contributed by atoms with Crippen LogP contribution in [0.15, 0.2) is 159 Å². The molecule has 8 bridgehead atoms. The molecule has 12 rings (SSSR count). The van der Waals surface area contributed by atoms with E-state index in [1.165, 1.54) is 0 Å². The number of rotatable bonds is 12. The molecule has 0 aliphatic carbocycles. The summed E-state index contributed by atoms with van der Waals surface area (Å²) in [4.78, 5) is 37.2. The second-order valence-electron chi connectivity index (χ2n) is 19.3. The lowest BCUT2D eigenvalue weighted by molar-refractivity contribution is -0.671. The molecule has 4 N–H and O–H groups in total. The van der Waals surface area contributed by atoms with Crippen molar-refractivity contribution in [2.24, 2.45) is 21.1 Å². The summed E-state index contributed by atoms with van der Waals surface area (Å²) in [5.41, 5.74) is 18.0. The summed E-state index contributed by atoms with van der Waals surface area (Å²) in [6, 6.07) is 40.8. The van der Waals surface area contributed by atoms with Gasteiger partial charge in [-0.3, -0.25) is 4.79 Å². The first-order chi connectivity index (χ1) is 37.1. The van der Waals surface area contributed by atoms with Gasteiger partial charge in [0.25, 0.3) is 5.91 Å². The average molecular weight is 1400 g/mol. The zero-order valence-electron chi connectivity index (χ0n) is 43.7. The third kappa shape index (κ3) is 11.7. The highest BCUT2D eigenvalue weighted by atomic mass is 127. The molecule has 0 spiro atoms. The van der Waals surface area contributed by atoms with Crippen molar-refractivity contribution in [2.75, 3.05) is 25.5 Å². The predicted molar refractivity (Wildman–Crippen MR) is 305 cm³/mol. The third-order valence-corrected chi connectivity index (χ3v) is 14.4. The van der Waals surface area contributed by atoms with E-state index in [0.29, 0.717) is 23.7 Å². The van der Waals surface area contributed by atoms with Crippen LogP contribution in [0, 0.1) is 0 Å². The maximum atomic E-state index is 13.7. The molecule has 7 aromatic heterocycles. The smallest absolute Gasteiger partial charge is 0.251 e. The Morgan fingerprint density at radius 3 is 1.41 bits per heavy atom. The van der Waals surface area contributed by atoms with Crippen molar-refractivity contribution in [3.8, 4) is 50.3 Å². The molecule has 0 atom stereocenters. The first kappa shape index (κ1) is 56.6. The number of unbranched alkanes of at least 4 members (excludes halogenated alkanes) is 1. The maximum absolute atomic E-state index is 13.7. The lowest BCUT2D eigenvalue weighted by Crippen LogP contribution is -3.00. The van der Waals surface area contributed by atoms with Crippen molar-refractivity contribution in [1.29, 1.82) is 0 Å². The number of ether oxygens (including phenoxy) is 1. The van der Waals surface area contributed by atoms with Gasteiger partial charge in [-0.15, -0.1) is 0 Å². The number of hydrogen-bond acceptors (Lipinski definition) is 6. The van der Waals surface area contributed by atoms with Crippen LogP contribution in [-0.4, -0.2) is 51.0 Å². The fourth-order valence-electron chi connectivity index (χ4n) is 10.2. The van der Waals surface area contributed by atoms with Gasteiger partial charge in [0.1, 0.15) is 26.9 Å². The number of carbonyl (C=O) groups excluding carboxylic acids is 1. The molecule has 3 aromatic carbocycles. The molecule has 16 heteroatoms. The molecule has 0 radical (unpaired) electrons. The second kappa shape index (κ2) is 24.5. The molecule has 0 unspecified atom stereocenters. The molecule has 0 saturated heterocycles. The summed E-state index contributed by atoms with van der Waals surface area (Å²) >= 11 is 6.36. The number of halogens is 4. The quantitative estimate of drug-likeness (QED) is 0.0645. The number of aromatic amines is 2. The Morgan fingerprint density at radius 1 is 0.506 bits per heavy atom. The predicted octanol–water partition coefficient (Wildman–Crippen LogP) is 2.79. The lowest BCUT2D eigenvalue weighted by Gasteiger charge is -2.14. The summed E-state index contributed by atoms with van der Waals surface area (Å²) < 4.78 is 11.6. The van der Waals surface area contributed by atoms with E-state index in [1.807, 2.05) is 95.5 Å². The van der Waals surface area contributed by atoms with Crippen molar-refractivity contribution >= 4 is 91.4 Å². The van der Waals surface area contributed by atoms with Gasteiger partial charge in [-0.2, -0.15) is 0 Å². The number of methoxy groups -OCH3 is 1. The van der Waals surface area contributed by atoms with Crippen LogP contribution < -0.4 is 101 Å². The van der Waals surface area contributed by atoms with Crippen LogP contribution in [0.5, 0.6) is 5.75 Å². The van der Waals surface area contributed by atoms with Gasteiger partial charge in [0, 0.05) is 115 Å². The minimum atomic E-state index is -0.131. The SMILES string of the molecule is COc1ccc2nc3cc(Cl)ccc3c(NCCCCNC(=O)c3ccc(-c4c5nc(c(-c6cc[n+](C)cc6)c6ccc([nH]6)c(-c6cc[n+](C)cc6)c6nc(c(-c7cc[n+](C)cc7)c7ccc4[nH]7)C=C6)C=C5)cc3)c2c1.[I-].[I-].[I-]. The number of aromatic nitrogens is 8. The van der Waals surface area contributed by atoms with Crippen LogP contribution >= 0.6 is 11.6 Å². The Hall–Kier alpha value is -7.07. The molecule has 1 amide bonds. The van der Waals surface area contributed by atoms with Gasteiger partial charge >= 0.3 is 0 Å². The van der Waals surface area contributed by atoms with Crippen LogP contribution in [0.3, 0.4) is 0 Å². The Bertz CT molecular complexity index is 4120. The Morgan fingerprint density at radius 2 is 0.949 bits per heavy atom. The number of H-pyrrole nitrogens is 2. The summed E-state index contributed by atoms with van der Waals surface area (Å²) in [5, 5.41) is 9.41. The highest BCUT2D eigenvalue weighted by molar-refractivity contribution is 6.31. The number of hydrogen-bond donors (Lipinski definition) is 4. The maximum Gasteiger partial charge on any atom is 0.251 e. The van der Waals surface area contributed by atoms with Gasteiger partial charge < -0.3 is 97.3 Å². The van der Waals surface area contributed by atoms with Crippen molar-refractivity contribution in [3.63, 3.8) is 0 Å². The van der Waals surface area contributed by atoms with Gasteiger partial charge in [-0.25, -0.2) is 28.7 Å². The van der Waals surface area contributed by atoms with Gasteiger partial charge in [0.15, 0.2) is 37.2 Å². The first-order valence-electron chi connectivity index (χ1n) is 25.4. The molecule has 2 aliphatic heterocycles. The standard InChI is InChI=1S/C63H52ClN10O2.3HI/c1-72-31-23-40(24-32-72)59-51-17-15-49(68-51)58(39-7-9-43(10-8-39)63(75)66-30-6-5-29-65-62-46-13-11-44(64)37-57(46)67-48-14-12-45(76-4)38-47(48)62)50-16-18-52(69-50)60(41-25-33-73(2)34-26-41)54-20-22-56(71-54)61(55-21-19-53(59)70-55)42-27-35-74(3)36-28-42;;;/h7-28,31-38H,5-6,29-30H2,1-4H3,(H2-,65,66,67,68,69,70,71,75);3*1H/q+1;;;/p-1. The van der Waals surface area contributed by atoms with Crippen molar-refractivity contribution < 1.29 is 95.2 Å². The molecular formula is C63H54ClI3N10O2. The van der Waals surface area contributed by atoms with E-state index >= 15 is 0 Å². The highest BCUT2D eigenvalue weighted by Gasteiger charge is 2.21. The van der Waals surface area contributed by atoms with E-state index in [1.54, 1.807) is 7.11 Å².